The first-order chi connectivity index (χ1) is 25.3. The summed E-state index contributed by atoms with van der Waals surface area (Å²) in [5, 5.41) is 4.73. The zero-order chi connectivity index (χ0) is 33.6. The third kappa shape index (κ3) is 3.98. The van der Waals surface area contributed by atoms with Crippen molar-refractivity contribution in [2.24, 2.45) is 0 Å². The fourth-order valence-electron chi connectivity index (χ4n) is 8.33. The molecule has 240 valence electrons. The fourth-order valence-corrected chi connectivity index (χ4v) is 9.83. The van der Waals surface area contributed by atoms with Crippen LogP contribution >= 0.6 is 0 Å². The van der Waals surface area contributed by atoms with Gasteiger partial charge in [0.05, 0.1) is 54.4 Å². The summed E-state index contributed by atoms with van der Waals surface area (Å²) in [5.74, 6) is 0. The van der Waals surface area contributed by atoms with Gasteiger partial charge in [0.25, 0.3) is 0 Å². The second-order valence-corrected chi connectivity index (χ2v) is 14.5. The van der Waals surface area contributed by atoms with Crippen molar-refractivity contribution in [3.8, 4) is 16.8 Å². The van der Waals surface area contributed by atoms with Crippen molar-refractivity contribution in [3.63, 3.8) is 0 Å². The van der Waals surface area contributed by atoms with Crippen LogP contribution in [0.4, 0.5) is 34.1 Å². The van der Waals surface area contributed by atoms with Gasteiger partial charge in [-0.3, -0.25) is 0 Å². The van der Waals surface area contributed by atoms with Gasteiger partial charge in [0.2, 0.25) is 0 Å². The minimum absolute atomic E-state index is 0.806. The first kappa shape index (κ1) is 28.4. The third-order valence-corrected chi connectivity index (χ3v) is 11.9. The van der Waals surface area contributed by atoms with E-state index in [2.05, 4.69) is 166 Å². The largest absolute Gasteiger partial charge is 0.309 e. The third-order valence-electron chi connectivity index (χ3n) is 10.4. The van der Waals surface area contributed by atoms with E-state index >= 15 is 4.21 Å². The molecule has 51 heavy (non-hydrogen) atoms. The van der Waals surface area contributed by atoms with E-state index in [4.69, 9.17) is 0 Å². The molecule has 1 aromatic heterocycles. The molecule has 0 radical (unpaired) electrons. The molecule has 4 nitrogen and oxygen atoms in total. The number of benzene rings is 8. The Kier molecular flexibility index (Phi) is 6.01. The van der Waals surface area contributed by atoms with Gasteiger partial charge in [-0.2, -0.15) is 0 Å². The molecule has 0 saturated heterocycles. The molecule has 0 amide bonds. The van der Waals surface area contributed by atoms with Crippen LogP contribution in [0.1, 0.15) is 0 Å². The van der Waals surface area contributed by atoms with Crippen LogP contribution in [-0.2, 0) is 10.8 Å². The molecule has 8 aromatic carbocycles. The van der Waals surface area contributed by atoms with Crippen LogP contribution in [0.2, 0.25) is 0 Å². The summed E-state index contributed by atoms with van der Waals surface area (Å²) in [6.07, 6.45) is 0. The van der Waals surface area contributed by atoms with E-state index < -0.39 is 10.8 Å². The number of anilines is 6. The Morgan fingerprint density at radius 3 is 1.96 bits per heavy atom. The lowest BCUT2D eigenvalue weighted by Crippen LogP contribution is -2.24. The molecule has 1 unspecified atom stereocenters. The summed E-state index contributed by atoms with van der Waals surface area (Å²) in [7, 11) is -1.45. The lowest BCUT2D eigenvalue weighted by molar-refractivity contribution is 0.682. The Bertz CT molecular complexity index is 2890. The van der Waals surface area contributed by atoms with Crippen LogP contribution in [0, 0.1) is 0 Å². The first-order valence-electron chi connectivity index (χ1n) is 17.2. The average Bonchev–Trinajstić information content (AvgIpc) is 3.52. The molecule has 1 atom stereocenters. The molecule has 0 fully saturated rings. The highest BCUT2D eigenvalue weighted by Crippen LogP contribution is 2.58. The van der Waals surface area contributed by atoms with Gasteiger partial charge in [-0.25, -0.2) is 4.21 Å². The maximum Gasteiger partial charge on any atom is 0.0925 e. The zero-order valence-electron chi connectivity index (χ0n) is 27.4. The Morgan fingerprint density at radius 1 is 0.431 bits per heavy atom. The number of fused-ring (bicyclic) bond motifs is 8. The van der Waals surface area contributed by atoms with E-state index in [0.29, 0.717) is 0 Å². The molecule has 0 saturated carbocycles. The van der Waals surface area contributed by atoms with Crippen LogP contribution in [0.5, 0.6) is 0 Å². The zero-order valence-corrected chi connectivity index (χ0v) is 28.2. The summed E-state index contributed by atoms with van der Waals surface area (Å²) >= 11 is 0. The highest BCUT2D eigenvalue weighted by atomic mass is 32.2. The lowest BCUT2D eigenvalue weighted by atomic mass is 9.90. The smallest absolute Gasteiger partial charge is 0.0925 e. The standard InChI is InChI=1S/C46H29N3OS/c50-51-43-24-10-9-22-40(43)48(32-17-5-2-6-18-32)42-28-26-36-35-20-11-13-30-14-12-23-41(44(30)35)49(45(36)46(42)51)33-25-27-39-37(29-33)34-19-7-8-21-38(34)47(39)31-15-3-1-4-16-31/h1-29H. The van der Waals surface area contributed by atoms with Crippen molar-refractivity contribution in [2.75, 3.05) is 9.80 Å². The highest BCUT2D eigenvalue weighted by molar-refractivity contribution is 7.85. The van der Waals surface area contributed by atoms with Gasteiger partial charge in [-0.05, 0) is 83.7 Å². The molecule has 2 aliphatic rings. The second kappa shape index (κ2) is 10.8. The topological polar surface area (TPSA) is 28.5 Å². The number of para-hydroxylation sites is 4. The quantitative estimate of drug-likeness (QED) is 0.187. The van der Waals surface area contributed by atoms with Gasteiger partial charge in [-0.15, -0.1) is 0 Å². The molecule has 3 heterocycles. The summed E-state index contributed by atoms with van der Waals surface area (Å²) in [6.45, 7) is 0. The summed E-state index contributed by atoms with van der Waals surface area (Å²) in [6, 6.07) is 62.0. The molecule has 5 heteroatoms. The van der Waals surface area contributed by atoms with E-state index in [-0.39, 0.29) is 0 Å². The first-order valence-corrected chi connectivity index (χ1v) is 18.4. The second-order valence-electron chi connectivity index (χ2n) is 13.1. The Morgan fingerprint density at radius 2 is 1.12 bits per heavy atom. The van der Waals surface area contributed by atoms with Crippen molar-refractivity contribution in [2.45, 2.75) is 9.79 Å². The van der Waals surface area contributed by atoms with Crippen molar-refractivity contribution < 1.29 is 4.21 Å². The normalized spacial score (nSPS) is 14.5. The maximum absolute atomic E-state index is 15.1. The number of nitrogens with zero attached hydrogens (tertiary/aromatic N) is 3. The van der Waals surface area contributed by atoms with Crippen LogP contribution in [0.3, 0.4) is 0 Å². The molecule has 0 bridgehead atoms. The van der Waals surface area contributed by atoms with Crippen LogP contribution in [-0.4, -0.2) is 8.78 Å². The summed E-state index contributed by atoms with van der Waals surface area (Å²) in [5.41, 5.74) is 11.6. The van der Waals surface area contributed by atoms with Crippen molar-refractivity contribution >= 4 is 77.5 Å². The molecule has 11 rings (SSSR count). The van der Waals surface area contributed by atoms with Crippen molar-refractivity contribution in [1.29, 1.82) is 0 Å². The van der Waals surface area contributed by atoms with Crippen LogP contribution < -0.4 is 9.80 Å². The average molecular weight is 672 g/mol. The number of rotatable bonds is 3. The molecule has 0 aliphatic carbocycles. The van der Waals surface area contributed by atoms with Gasteiger partial charge in [0.15, 0.2) is 0 Å². The summed E-state index contributed by atoms with van der Waals surface area (Å²) < 4.78 is 17.4. The lowest BCUT2D eigenvalue weighted by Gasteiger charge is -2.39. The van der Waals surface area contributed by atoms with Crippen molar-refractivity contribution in [1.82, 2.24) is 4.57 Å². The fraction of sp³-hybridized carbons (Fsp3) is 0. The minimum atomic E-state index is -1.45. The maximum atomic E-state index is 15.1. The number of hydrogen-bond donors (Lipinski definition) is 0. The van der Waals surface area contributed by atoms with Crippen LogP contribution in [0.15, 0.2) is 186 Å². The predicted molar refractivity (Wildman–Crippen MR) is 211 cm³/mol. The van der Waals surface area contributed by atoms with Crippen molar-refractivity contribution in [3.05, 3.63) is 176 Å². The molecule has 9 aromatic rings. The van der Waals surface area contributed by atoms with Gasteiger partial charge in [0, 0.05) is 38.8 Å². The van der Waals surface area contributed by atoms with E-state index in [9.17, 15) is 0 Å². The Hall–Kier alpha value is -6.43. The molecule has 0 N–H and O–H groups in total. The number of hydrogen-bond acceptors (Lipinski definition) is 3. The Balaban J connectivity index is 1.24. The highest BCUT2D eigenvalue weighted by Gasteiger charge is 2.37. The Labute approximate surface area is 297 Å². The van der Waals surface area contributed by atoms with E-state index in [0.717, 1.165) is 71.8 Å². The van der Waals surface area contributed by atoms with Gasteiger partial charge in [-0.1, -0.05) is 103 Å². The van der Waals surface area contributed by atoms with E-state index in [1.807, 2.05) is 24.3 Å². The SMILES string of the molecule is O=S1c2ccccc2N(c2ccccc2)c2ccc3c(c21)N(c1ccc2c(c1)c1ccccc1n2-c1ccccc1)c1cccc2cccc-3c12. The number of aromatic nitrogens is 1. The summed E-state index contributed by atoms with van der Waals surface area (Å²) in [4.78, 5) is 6.25. The van der Waals surface area contributed by atoms with Gasteiger partial charge < -0.3 is 14.4 Å². The molecular formula is C46H29N3OS. The molecule has 0 spiro atoms. The minimum Gasteiger partial charge on any atom is -0.309 e. The van der Waals surface area contributed by atoms with Gasteiger partial charge in [0.1, 0.15) is 0 Å². The van der Waals surface area contributed by atoms with E-state index in [1.165, 1.54) is 21.5 Å². The van der Waals surface area contributed by atoms with Crippen LogP contribution in [0.25, 0.3) is 49.4 Å². The van der Waals surface area contributed by atoms with Gasteiger partial charge >= 0.3 is 0 Å². The molecule has 2 aliphatic heterocycles. The monoisotopic (exact) mass is 671 g/mol. The molecular weight excluding hydrogens is 643 g/mol. The predicted octanol–water partition coefficient (Wildman–Crippen LogP) is 12.3. The van der Waals surface area contributed by atoms with E-state index in [1.54, 1.807) is 0 Å².